The number of ether oxygens (including phenoxy) is 1. The molecule has 3 aromatic rings. The van der Waals surface area contributed by atoms with E-state index < -0.39 is 0 Å². The first-order valence-electron chi connectivity index (χ1n) is 7.47. The van der Waals surface area contributed by atoms with Crippen molar-refractivity contribution in [2.24, 2.45) is 0 Å². The van der Waals surface area contributed by atoms with Gasteiger partial charge in [-0.25, -0.2) is 4.98 Å². The number of aromatic hydroxyl groups is 1. The fraction of sp³-hybridized carbons (Fsp3) is 0.105. The summed E-state index contributed by atoms with van der Waals surface area (Å²) in [5.74, 6) is 0.778. The lowest BCUT2D eigenvalue weighted by molar-refractivity contribution is 0.340. The van der Waals surface area contributed by atoms with Gasteiger partial charge in [0.2, 0.25) is 0 Å². The van der Waals surface area contributed by atoms with E-state index in [1.807, 2.05) is 55.5 Å². The molecule has 0 saturated carbocycles. The van der Waals surface area contributed by atoms with Crippen LogP contribution in [-0.4, -0.2) is 16.7 Å². The summed E-state index contributed by atoms with van der Waals surface area (Å²) in [4.78, 5) is 4.43. The fourth-order valence-electron chi connectivity index (χ4n) is 2.33. The molecule has 1 aromatic heterocycles. The predicted molar refractivity (Wildman–Crippen MR) is 100.0 cm³/mol. The maximum atomic E-state index is 10.1. The Kier molecular flexibility index (Phi) is 4.93. The molecular formula is C19H15Cl2NO2. The minimum Gasteiger partial charge on any atom is -0.504 e. The van der Waals surface area contributed by atoms with Crippen molar-refractivity contribution in [3.63, 3.8) is 0 Å². The molecule has 0 unspecified atom stereocenters. The molecule has 5 heteroatoms. The van der Waals surface area contributed by atoms with Crippen LogP contribution in [0.3, 0.4) is 0 Å². The number of benzene rings is 2. The molecule has 0 atom stereocenters. The van der Waals surface area contributed by atoms with Crippen LogP contribution in [0.2, 0.25) is 10.0 Å². The third kappa shape index (κ3) is 3.48. The van der Waals surface area contributed by atoms with Crippen LogP contribution in [0.5, 0.6) is 11.5 Å². The molecule has 0 amide bonds. The molecule has 2 aromatic carbocycles. The highest BCUT2D eigenvalue weighted by molar-refractivity contribution is 6.39. The average molecular weight is 360 g/mol. The van der Waals surface area contributed by atoms with Gasteiger partial charge in [0, 0.05) is 5.39 Å². The Balaban J connectivity index is 1.91. The number of rotatable bonds is 4. The average Bonchev–Trinajstić information content (AvgIpc) is 2.59. The van der Waals surface area contributed by atoms with E-state index in [2.05, 4.69) is 4.98 Å². The first-order chi connectivity index (χ1) is 11.6. The molecule has 0 saturated heterocycles. The summed E-state index contributed by atoms with van der Waals surface area (Å²) >= 11 is 12.1. The van der Waals surface area contributed by atoms with Crippen molar-refractivity contribution in [1.29, 1.82) is 0 Å². The van der Waals surface area contributed by atoms with Gasteiger partial charge in [-0.2, -0.15) is 0 Å². The summed E-state index contributed by atoms with van der Waals surface area (Å²) < 4.78 is 5.42. The van der Waals surface area contributed by atoms with Gasteiger partial charge in [-0.3, -0.25) is 0 Å². The number of hydrogen-bond acceptors (Lipinski definition) is 3. The van der Waals surface area contributed by atoms with Gasteiger partial charge in [0.1, 0.15) is 11.3 Å². The molecule has 24 heavy (non-hydrogen) atoms. The standard InChI is InChI=1S/C19H15Cl2NO2/c1-2-24-14-8-4-12(5-9-14)3-6-13-7-10-15-16(20)11-17(21)19(23)18(15)22-13/h3-11,23H,2H2,1H3/b6-3+. The molecular weight excluding hydrogens is 345 g/mol. The van der Waals surface area contributed by atoms with Gasteiger partial charge >= 0.3 is 0 Å². The zero-order chi connectivity index (χ0) is 17.1. The fourth-order valence-corrected chi connectivity index (χ4v) is 2.85. The molecule has 0 radical (unpaired) electrons. The number of aromatic nitrogens is 1. The molecule has 122 valence electrons. The number of phenols is 1. The first-order valence-corrected chi connectivity index (χ1v) is 8.22. The van der Waals surface area contributed by atoms with E-state index in [0.29, 0.717) is 28.2 Å². The lowest BCUT2D eigenvalue weighted by Crippen LogP contribution is -1.90. The topological polar surface area (TPSA) is 42.4 Å². The lowest BCUT2D eigenvalue weighted by atomic mass is 10.1. The van der Waals surface area contributed by atoms with Crippen LogP contribution in [0, 0.1) is 0 Å². The van der Waals surface area contributed by atoms with E-state index in [4.69, 9.17) is 27.9 Å². The van der Waals surface area contributed by atoms with E-state index in [-0.39, 0.29) is 10.8 Å². The number of hydrogen-bond donors (Lipinski definition) is 1. The smallest absolute Gasteiger partial charge is 0.160 e. The molecule has 0 aliphatic carbocycles. The summed E-state index contributed by atoms with van der Waals surface area (Å²) in [5, 5.41) is 11.4. The van der Waals surface area contributed by atoms with Crippen molar-refractivity contribution in [3.8, 4) is 11.5 Å². The van der Waals surface area contributed by atoms with Crippen molar-refractivity contribution in [2.45, 2.75) is 6.92 Å². The van der Waals surface area contributed by atoms with E-state index in [0.717, 1.165) is 11.3 Å². The van der Waals surface area contributed by atoms with Gasteiger partial charge in [-0.1, -0.05) is 41.4 Å². The summed E-state index contributed by atoms with van der Waals surface area (Å²) in [7, 11) is 0. The molecule has 0 aliphatic rings. The van der Waals surface area contributed by atoms with Crippen LogP contribution in [0.1, 0.15) is 18.2 Å². The third-order valence-electron chi connectivity index (χ3n) is 3.52. The van der Waals surface area contributed by atoms with Gasteiger partial charge in [-0.15, -0.1) is 0 Å². The van der Waals surface area contributed by atoms with Crippen molar-refractivity contribution in [2.75, 3.05) is 6.61 Å². The Hall–Kier alpha value is -2.23. The highest BCUT2D eigenvalue weighted by Crippen LogP contribution is 2.36. The second kappa shape index (κ2) is 7.12. The van der Waals surface area contributed by atoms with Crippen LogP contribution >= 0.6 is 23.2 Å². The van der Waals surface area contributed by atoms with Crippen LogP contribution in [0.4, 0.5) is 0 Å². The highest BCUT2D eigenvalue weighted by Gasteiger charge is 2.10. The summed E-state index contributed by atoms with van der Waals surface area (Å²) in [6, 6.07) is 12.9. The van der Waals surface area contributed by atoms with Crippen LogP contribution in [0.15, 0.2) is 42.5 Å². The highest BCUT2D eigenvalue weighted by atomic mass is 35.5. The summed E-state index contributed by atoms with van der Waals surface area (Å²) in [5.41, 5.74) is 2.11. The van der Waals surface area contributed by atoms with Crippen LogP contribution < -0.4 is 4.74 Å². The second-order valence-corrected chi connectivity index (χ2v) is 5.97. The molecule has 0 aliphatic heterocycles. The molecule has 0 bridgehead atoms. The van der Waals surface area contributed by atoms with Crippen LogP contribution in [0.25, 0.3) is 23.1 Å². The van der Waals surface area contributed by atoms with E-state index >= 15 is 0 Å². The molecule has 0 fully saturated rings. The minimum absolute atomic E-state index is 0.0626. The van der Waals surface area contributed by atoms with E-state index in [1.54, 1.807) is 0 Å². The number of pyridine rings is 1. The van der Waals surface area contributed by atoms with E-state index in [1.165, 1.54) is 6.07 Å². The molecule has 0 spiro atoms. The monoisotopic (exact) mass is 359 g/mol. The van der Waals surface area contributed by atoms with Crippen molar-refractivity contribution in [1.82, 2.24) is 4.98 Å². The van der Waals surface area contributed by atoms with E-state index in [9.17, 15) is 5.11 Å². The zero-order valence-corrected chi connectivity index (χ0v) is 14.5. The second-order valence-electron chi connectivity index (χ2n) is 5.16. The Labute approximate surface area is 150 Å². The zero-order valence-electron chi connectivity index (χ0n) is 13.0. The van der Waals surface area contributed by atoms with Gasteiger partial charge in [0.05, 0.1) is 22.3 Å². The largest absolute Gasteiger partial charge is 0.504 e. The SMILES string of the molecule is CCOc1ccc(/C=C/c2ccc3c(Cl)cc(Cl)c(O)c3n2)cc1. The molecule has 1 heterocycles. The number of halogens is 2. The van der Waals surface area contributed by atoms with Gasteiger partial charge in [0.15, 0.2) is 5.75 Å². The first kappa shape index (κ1) is 16.6. The number of nitrogens with zero attached hydrogens (tertiary/aromatic N) is 1. The summed E-state index contributed by atoms with van der Waals surface area (Å²) in [6.45, 7) is 2.60. The molecule has 3 nitrogen and oxygen atoms in total. The van der Waals surface area contributed by atoms with Crippen molar-refractivity contribution < 1.29 is 9.84 Å². The molecule has 3 rings (SSSR count). The summed E-state index contributed by atoms with van der Waals surface area (Å²) in [6.07, 6.45) is 3.80. The van der Waals surface area contributed by atoms with Gasteiger partial charge in [0.25, 0.3) is 0 Å². The number of phenolic OH excluding ortho intramolecular Hbond substituents is 1. The Morgan fingerprint density at radius 1 is 1.04 bits per heavy atom. The maximum absolute atomic E-state index is 10.1. The Morgan fingerprint density at radius 2 is 1.79 bits per heavy atom. The number of fused-ring (bicyclic) bond motifs is 1. The maximum Gasteiger partial charge on any atom is 0.160 e. The van der Waals surface area contributed by atoms with Crippen molar-refractivity contribution >= 4 is 46.3 Å². The normalized spacial score (nSPS) is 11.3. The third-order valence-corrected chi connectivity index (χ3v) is 4.12. The lowest BCUT2D eigenvalue weighted by Gasteiger charge is -2.06. The minimum atomic E-state index is -0.0626. The molecule has 1 N–H and O–H groups in total. The Morgan fingerprint density at radius 3 is 2.50 bits per heavy atom. The van der Waals surface area contributed by atoms with Gasteiger partial charge < -0.3 is 9.84 Å². The van der Waals surface area contributed by atoms with Gasteiger partial charge in [-0.05, 0) is 48.9 Å². The Bertz CT molecular complexity index is 905. The van der Waals surface area contributed by atoms with Crippen molar-refractivity contribution in [3.05, 3.63) is 63.8 Å². The van der Waals surface area contributed by atoms with Crippen LogP contribution in [-0.2, 0) is 0 Å². The predicted octanol–water partition coefficient (Wildman–Crippen LogP) is 5.82. The quantitative estimate of drug-likeness (QED) is 0.638.